The van der Waals surface area contributed by atoms with Gasteiger partial charge in [0.1, 0.15) is 12.3 Å². The van der Waals surface area contributed by atoms with Crippen molar-refractivity contribution in [2.24, 2.45) is 0 Å². The average molecular weight is 452 g/mol. The Bertz CT molecular complexity index is 1550. The van der Waals surface area contributed by atoms with E-state index in [2.05, 4.69) is 0 Å². The molecule has 0 aliphatic carbocycles. The van der Waals surface area contributed by atoms with Crippen LogP contribution in [-0.2, 0) is 0 Å². The zero-order chi connectivity index (χ0) is 32.8. The number of fused-ring (bicyclic) bond motifs is 2. The molecule has 2 aliphatic heterocycles. The van der Waals surface area contributed by atoms with E-state index in [1.54, 1.807) is 48.2 Å². The van der Waals surface area contributed by atoms with Crippen LogP contribution in [0.2, 0.25) is 0 Å². The molecule has 33 heavy (non-hydrogen) atoms. The summed E-state index contributed by atoms with van der Waals surface area (Å²) in [5.74, 6) is 0. The molecule has 1 unspecified atom stereocenters. The third-order valence-corrected chi connectivity index (χ3v) is 6.69. The maximum atomic E-state index is 9.00. The first kappa shape index (κ1) is 12.4. The van der Waals surface area contributed by atoms with Crippen molar-refractivity contribution in [3.8, 4) is 0 Å². The minimum absolute atomic E-state index is 0.320. The van der Waals surface area contributed by atoms with Crippen LogP contribution in [0.3, 0.4) is 0 Å². The summed E-state index contributed by atoms with van der Waals surface area (Å²) in [7, 11) is 0. The van der Waals surface area contributed by atoms with Gasteiger partial charge in [-0.3, -0.25) is 0 Å². The van der Waals surface area contributed by atoms with Crippen LogP contribution in [0.5, 0.6) is 0 Å². The zero-order valence-electron chi connectivity index (χ0n) is 30.3. The van der Waals surface area contributed by atoms with Crippen LogP contribution in [0.15, 0.2) is 66.7 Å². The van der Waals surface area contributed by atoms with Crippen molar-refractivity contribution in [2.45, 2.75) is 72.6 Å². The van der Waals surface area contributed by atoms with Crippen molar-refractivity contribution in [1.29, 1.82) is 0 Å². The van der Waals surface area contributed by atoms with Gasteiger partial charge in [0.15, 0.2) is 0 Å². The van der Waals surface area contributed by atoms with Crippen molar-refractivity contribution in [3.05, 3.63) is 72.3 Å². The first-order valence-electron chi connectivity index (χ1n) is 16.6. The molecule has 0 fully saturated rings. The lowest BCUT2D eigenvalue weighted by molar-refractivity contribution is 0.603. The molecule has 3 aromatic rings. The number of rotatable bonds is 4. The SMILES string of the molecule is [2H]C([2H])([2H])C([2H])(C)N1c2ccccc2N(c2cccc(N3c4ccccc4N(C([2H])(C([2H])([2H])[2H])C([2H])([2H])[2H])[C@@H]3C)c2C)[C@@H]1C. The van der Waals surface area contributed by atoms with Crippen LogP contribution in [0.4, 0.5) is 34.1 Å². The van der Waals surface area contributed by atoms with E-state index in [1.165, 1.54) is 11.8 Å². The van der Waals surface area contributed by atoms with E-state index in [1.807, 2.05) is 54.0 Å². The Balaban J connectivity index is 1.67. The molecule has 0 aromatic heterocycles. The van der Waals surface area contributed by atoms with Crippen LogP contribution >= 0.6 is 0 Å². The van der Waals surface area contributed by atoms with Crippen molar-refractivity contribution in [3.63, 3.8) is 0 Å². The minimum atomic E-state index is -3.17. The molecule has 3 aromatic carbocycles. The average Bonchev–Trinajstić information content (AvgIpc) is 3.37. The summed E-state index contributed by atoms with van der Waals surface area (Å²) in [6, 6.07) is 14.9. The largest absolute Gasteiger partial charge is 0.347 e. The third-order valence-electron chi connectivity index (χ3n) is 6.69. The highest BCUT2D eigenvalue weighted by Crippen LogP contribution is 2.50. The zero-order valence-corrected chi connectivity index (χ0v) is 19.3. The molecule has 5 rings (SSSR count). The topological polar surface area (TPSA) is 13.0 Å². The molecule has 0 saturated carbocycles. The molecule has 0 bridgehead atoms. The van der Waals surface area contributed by atoms with E-state index in [9.17, 15) is 0 Å². The predicted molar refractivity (Wildman–Crippen MR) is 142 cm³/mol. The normalized spacial score (nSPS) is 27.8. The number of benzene rings is 3. The van der Waals surface area contributed by atoms with E-state index in [4.69, 9.17) is 15.1 Å². The van der Waals surface area contributed by atoms with Gasteiger partial charge in [0, 0.05) is 35.7 Å². The standard InChI is InChI=1S/C29H36N4/c1-19(2)30-22(6)32(28-15-10-8-13-26(28)30)24-17-12-18-25(21(24)5)33-23(7)31(20(3)4)27-14-9-11-16-29(27)33/h8-20,22-23H,1-7H3/t22-,23+/i1D3,2D3,3D3,19D,20D/t20?,22-,23+/m0/s1. The number of para-hydroxylation sites is 4. The summed E-state index contributed by atoms with van der Waals surface area (Å²) in [4.78, 5) is 6.59. The summed E-state index contributed by atoms with van der Waals surface area (Å²) in [6.45, 7) is -2.13. The minimum Gasteiger partial charge on any atom is -0.347 e. The second kappa shape index (κ2) is 8.02. The number of anilines is 6. The molecule has 0 radical (unpaired) electrons. The Morgan fingerprint density at radius 3 is 1.48 bits per heavy atom. The quantitative estimate of drug-likeness (QED) is 0.409. The van der Waals surface area contributed by atoms with Crippen LogP contribution in [-0.4, -0.2) is 24.4 Å². The fraction of sp³-hybridized carbons (Fsp3) is 0.379. The fourth-order valence-electron chi connectivity index (χ4n) is 5.34. The van der Waals surface area contributed by atoms with E-state index in [0.29, 0.717) is 22.7 Å². The molecule has 172 valence electrons. The molecular weight excluding hydrogens is 404 g/mol. The smallest absolute Gasteiger partial charge is 0.104 e. The summed E-state index contributed by atoms with van der Waals surface area (Å²) in [5, 5.41) is 0. The Hall–Kier alpha value is -3.14. The highest BCUT2D eigenvalue weighted by molar-refractivity contribution is 5.89. The maximum Gasteiger partial charge on any atom is 0.104 e. The van der Waals surface area contributed by atoms with E-state index < -0.39 is 44.9 Å². The lowest BCUT2D eigenvalue weighted by Gasteiger charge is -2.36. The third kappa shape index (κ3) is 3.18. The molecule has 2 heterocycles. The molecule has 3 atom stereocenters. The Morgan fingerprint density at radius 1 is 0.636 bits per heavy atom. The van der Waals surface area contributed by atoms with Crippen molar-refractivity contribution in [1.82, 2.24) is 0 Å². The van der Waals surface area contributed by atoms with Gasteiger partial charge in [-0.15, -0.1) is 0 Å². The van der Waals surface area contributed by atoms with Crippen LogP contribution in [0.1, 0.15) is 62.0 Å². The number of hydrogen-bond acceptors (Lipinski definition) is 4. The van der Waals surface area contributed by atoms with E-state index in [-0.39, 0.29) is 0 Å². The molecule has 4 heteroatoms. The van der Waals surface area contributed by atoms with Gasteiger partial charge in [-0.1, -0.05) is 30.3 Å². The van der Waals surface area contributed by atoms with Gasteiger partial charge >= 0.3 is 0 Å². The molecule has 0 N–H and O–H groups in total. The summed E-state index contributed by atoms with van der Waals surface area (Å²) < 4.78 is 91.2. The van der Waals surface area contributed by atoms with Crippen molar-refractivity contribution in [2.75, 3.05) is 19.6 Å². The number of hydrogen-bond donors (Lipinski definition) is 0. The summed E-state index contributed by atoms with van der Waals surface area (Å²) in [5.41, 5.74) is 4.38. The summed E-state index contributed by atoms with van der Waals surface area (Å²) in [6.07, 6.45) is -1.43. The number of nitrogens with zero attached hydrogens (tertiary/aromatic N) is 4. The van der Waals surface area contributed by atoms with Crippen LogP contribution in [0, 0.1) is 6.92 Å². The lowest BCUT2D eigenvalue weighted by atomic mass is 10.1. The maximum absolute atomic E-state index is 9.00. The molecule has 2 aliphatic rings. The van der Waals surface area contributed by atoms with Gasteiger partial charge in [-0.25, -0.2) is 0 Å². The Morgan fingerprint density at radius 2 is 1.03 bits per heavy atom. The highest BCUT2D eigenvalue weighted by atomic mass is 15.4. The van der Waals surface area contributed by atoms with E-state index >= 15 is 0 Å². The van der Waals surface area contributed by atoms with Crippen molar-refractivity contribution < 1.29 is 15.1 Å². The Labute approximate surface area is 214 Å². The predicted octanol–water partition coefficient (Wildman–Crippen LogP) is 7.42. The molecule has 0 spiro atoms. The molecule has 0 saturated heterocycles. The van der Waals surface area contributed by atoms with Gasteiger partial charge in [-0.05, 0) is 90.2 Å². The van der Waals surface area contributed by atoms with Crippen molar-refractivity contribution >= 4 is 34.1 Å². The van der Waals surface area contributed by atoms with Gasteiger partial charge < -0.3 is 19.6 Å². The Kier molecular flexibility index (Phi) is 3.00. The first-order chi connectivity index (χ1) is 20.2. The van der Waals surface area contributed by atoms with Gasteiger partial charge in [-0.2, -0.15) is 0 Å². The van der Waals surface area contributed by atoms with E-state index in [0.717, 1.165) is 16.9 Å². The first-order valence-corrected chi connectivity index (χ1v) is 11.1. The monoisotopic (exact) mass is 451 g/mol. The van der Waals surface area contributed by atoms with Crippen LogP contribution in [0.25, 0.3) is 0 Å². The second-order valence-electron chi connectivity index (χ2n) is 8.58. The lowest BCUT2D eigenvalue weighted by Crippen LogP contribution is -2.43. The second-order valence-corrected chi connectivity index (χ2v) is 8.58. The van der Waals surface area contributed by atoms with Gasteiger partial charge in [0.05, 0.1) is 25.5 Å². The fourth-order valence-corrected chi connectivity index (χ4v) is 5.34. The van der Waals surface area contributed by atoms with Crippen LogP contribution < -0.4 is 19.6 Å². The van der Waals surface area contributed by atoms with Gasteiger partial charge in [0.25, 0.3) is 0 Å². The molecule has 4 nitrogen and oxygen atoms in total. The summed E-state index contributed by atoms with van der Waals surface area (Å²) >= 11 is 0. The highest BCUT2D eigenvalue weighted by Gasteiger charge is 2.38. The molecule has 0 amide bonds. The van der Waals surface area contributed by atoms with Gasteiger partial charge in [0.2, 0.25) is 0 Å². The molecular formula is C29H36N4.